The highest BCUT2D eigenvalue weighted by molar-refractivity contribution is 6.14. The Labute approximate surface area is 210 Å². The smallest absolute Gasteiger partial charge is 0.259 e. The quantitative estimate of drug-likeness (QED) is 0.242. The van der Waals surface area contributed by atoms with Crippen molar-refractivity contribution < 1.29 is 19.4 Å². The van der Waals surface area contributed by atoms with Crippen LogP contribution in [0.2, 0.25) is 0 Å². The number of phenols is 1. The summed E-state index contributed by atoms with van der Waals surface area (Å²) in [4.78, 5) is 24.7. The first-order valence-electron chi connectivity index (χ1n) is 11.9. The summed E-state index contributed by atoms with van der Waals surface area (Å²) in [7, 11) is 0. The zero-order chi connectivity index (χ0) is 25.9. The van der Waals surface area contributed by atoms with E-state index < -0.39 is 5.91 Å². The van der Waals surface area contributed by atoms with E-state index in [0.29, 0.717) is 27.9 Å². The molecule has 2 amide bonds. The predicted molar refractivity (Wildman–Crippen MR) is 144 cm³/mol. The normalized spacial score (nSPS) is 11.2. The molecule has 0 unspecified atom stereocenters. The SMILES string of the molecule is CCC(C)(C)c1ccc(Oc2ccc(NC(=O)c3cc(NC(C)=O)c4ccccc4c3O)cc2)cc1. The van der Waals surface area contributed by atoms with E-state index in [1.165, 1.54) is 18.6 Å². The number of benzene rings is 4. The minimum Gasteiger partial charge on any atom is -0.506 e. The number of hydrogen-bond donors (Lipinski definition) is 3. The summed E-state index contributed by atoms with van der Waals surface area (Å²) in [5.74, 6) is 0.460. The van der Waals surface area contributed by atoms with Gasteiger partial charge in [0.25, 0.3) is 5.91 Å². The number of rotatable bonds is 7. The Morgan fingerprint density at radius 1 is 0.861 bits per heavy atom. The molecule has 0 aliphatic heterocycles. The number of carbonyl (C=O) groups excluding carboxylic acids is 2. The first-order chi connectivity index (χ1) is 17.2. The number of carbonyl (C=O) groups is 2. The average molecular weight is 483 g/mol. The van der Waals surface area contributed by atoms with Crippen LogP contribution in [0, 0.1) is 0 Å². The van der Waals surface area contributed by atoms with Gasteiger partial charge in [0.15, 0.2) is 0 Å². The summed E-state index contributed by atoms with van der Waals surface area (Å²) >= 11 is 0. The first-order valence-corrected chi connectivity index (χ1v) is 11.9. The lowest BCUT2D eigenvalue weighted by Crippen LogP contribution is -2.14. The topological polar surface area (TPSA) is 87.7 Å². The fraction of sp³-hybridized carbons (Fsp3) is 0.200. The lowest BCUT2D eigenvalue weighted by Gasteiger charge is -2.23. The first kappa shape index (κ1) is 24.8. The largest absolute Gasteiger partial charge is 0.506 e. The highest BCUT2D eigenvalue weighted by Crippen LogP contribution is 2.35. The molecule has 6 nitrogen and oxygen atoms in total. The van der Waals surface area contributed by atoms with Crippen molar-refractivity contribution in [1.29, 1.82) is 0 Å². The maximum absolute atomic E-state index is 13.0. The zero-order valence-corrected chi connectivity index (χ0v) is 20.9. The molecule has 4 rings (SSSR count). The lowest BCUT2D eigenvalue weighted by atomic mass is 9.82. The summed E-state index contributed by atoms with van der Waals surface area (Å²) in [6.45, 7) is 8.00. The fourth-order valence-corrected chi connectivity index (χ4v) is 3.95. The van der Waals surface area contributed by atoms with Crippen molar-refractivity contribution in [2.75, 3.05) is 10.6 Å². The Hall–Kier alpha value is -4.32. The van der Waals surface area contributed by atoms with Gasteiger partial charge in [0.1, 0.15) is 17.2 Å². The van der Waals surface area contributed by atoms with E-state index in [1.54, 1.807) is 48.5 Å². The highest BCUT2D eigenvalue weighted by Gasteiger charge is 2.19. The van der Waals surface area contributed by atoms with Crippen LogP contribution in [0.5, 0.6) is 17.2 Å². The Kier molecular flexibility index (Phi) is 6.97. The predicted octanol–water partition coefficient (Wildman–Crippen LogP) is 7.24. The van der Waals surface area contributed by atoms with E-state index in [0.717, 1.165) is 12.2 Å². The van der Waals surface area contributed by atoms with Gasteiger partial charge in [0.05, 0.1) is 5.56 Å². The van der Waals surface area contributed by atoms with Crippen molar-refractivity contribution in [2.24, 2.45) is 0 Å². The van der Waals surface area contributed by atoms with Crippen LogP contribution in [0.3, 0.4) is 0 Å². The maximum Gasteiger partial charge on any atom is 0.259 e. The Morgan fingerprint density at radius 2 is 1.44 bits per heavy atom. The second-order valence-corrected chi connectivity index (χ2v) is 9.39. The molecule has 0 aliphatic carbocycles. The second-order valence-electron chi connectivity index (χ2n) is 9.39. The Bertz CT molecular complexity index is 1410. The molecular weight excluding hydrogens is 452 g/mol. The summed E-state index contributed by atoms with van der Waals surface area (Å²) in [5, 5.41) is 17.4. The van der Waals surface area contributed by atoms with Crippen molar-refractivity contribution in [3.63, 3.8) is 0 Å². The third-order valence-electron chi connectivity index (χ3n) is 6.44. The monoisotopic (exact) mass is 482 g/mol. The molecule has 0 aliphatic rings. The molecule has 6 heteroatoms. The number of nitrogens with one attached hydrogen (secondary N) is 2. The van der Waals surface area contributed by atoms with Gasteiger partial charge in [-0.3, -0.25) is 9.59 Å². The minimum absolute atomic E-state index is 0.0628. The molecule has 3 N–H and O–H groups in total. The number of hydrogen-bond acceptors (Lipinski definition) is 4. The van der Waals surface area contributed by atoms with E-state index in [1.807, 2.05) is 12.1 Å². The van der Waals surface area contributed by atoms with Gasteiger partial charge in [-0.2, -0.15) is 0 Å². The van der Waals surface area contributed by atoms with E-state index in [-0.39, 0.29) is 22.6 Å². The van der Waals surface area contributed by atoms with Crippen LogP contribution in [-0.2, 0) is 10.2 Å². The van der Waals surface area contributed by atoms with Crippen LogP contribution >= 0.6 is 0 Å². The van der Waals surface area contributed by atoms with Crippen LogP contribution in [-0.4, -0.2) is 16.9 Å². The maximum atomic E-state index is 13.0. The molecule has 0 aromatic heterocycles. The van der Waals surface area contributed by atoms with Crippen LogP contribution in [0.15, 0.2) is 78.9 Å². The molecule has 0 saturated heterocycles. The highest BCUT2D eigenvalue weighted by atomic mass is 16.5. The second kappa shape index (κ2) is 10.1. The van der Waals surface area contributed by atoms with Gasteiger partial charge in [-0.15, -0.1) is 0 Å². The summed E-state index contributed by atoms with van der Waals surface area (Å²) < 4.78 is 5.95. The standard InChI is InChI=1S/C30H30N2O4/c1-5-30(3,4)20-10-14-22(15-11-20)36-23-16-12-21(13-17-23)32-29(35)26-18-27(31-19(2)33)24-8-6-7-9-25(24)28(26)34/h6-18,34H,5H2,1-4H3,(H,31,33)(H,32,35). The van der Waals surface area contributed by atoms with Crippen molar-refractivity contribution >= 4 is 34.0 Å². The van der Waals surface area contributed by atoms with Gasteiger partial charge < -0.3 is 20.5 Å². The number of amides is 2. The summed E-state index contributed by atoms with van der Waals surface area (Å²) in [5.41, 5.74) is 2.43. The van der Waals surface area contributed by atoms with E-state index in [9.17, 15) is 14.7 Å². The van der Waals surface area contributed by atoms with E-state index in [2.05, 4.69) is 43.5 Å². The van der Waals surface area contributed by atoms with Gasteiger partial charge in [-0.05, 0) is 59.9 Å². The molecule has 0 bridgehead atoms. The Morgan fingerprint density at radius 3 is 2.03 bits per heavy atom. The van der Waals surface area contributed by atoms with Crippen molar-refractivity contribution in [3.8, 4) is 17.2 Å². The molecule has 0 spiro atoms. The average Bonchev–Trinajstić information content (AvgIpc) is 2.87. The van der Waals surface area contributed by atoms with E-state index >= 15 is 0 Å². The molecule has 184 valence electrons. The van der Waals surface area contributed by atoms with Gasteiger partial charge in [0, 0.05) is 29.1 Å². The van der Waals surface area contributed by atoms with Crippen molar-refractivity contribution in [3.05, 3.63) is 90.0 Å². The van der Waals surface area contributed by atoms with Gasteiger partial charge in [-0.25, -0.2) is 0 Å². The molecule has 0 saturated carbocycles. The molecule has 4 aromatic rings. The molecule has 0 radical (unpaired) electrons. The third kappa shape index (κ3) is 5.33. The molecule has 0 heterocycles. The van der Waals surface area contributed by atoms with Crippen LogP contribution in [0.4, 0.5) is 11.4 Å². The zero-order valence-electron chi connectivity index (χ0n) is 20.9. The molecular formula is C30H30N2O4. The molecule has 0 atom stereocenters. The van der Waals surface area contributed by atoms with Gasteiger partial charge >= 0.3 is 0 Å². The van der Waals surface area contributed by atoms with Crippen molar-refractivity contribution in [1.82, 2.24) is 0 Å². The van der Waals surface area contributed by atoms with Gasteiger partial charge in [0.2, 0.25) is 5.91 Å². The Balaban J connectivity index is 1.50. The van der Waals surface area contributed by atoms with Crippen molar-refractivity contribution in [2.45, 2.75) is 39.5 Å². The van der Waals surface area contributed by atoms with E-state index in [4.69, 9.17) is 4.74 Å². The van der Waals surface area contributed by atoms with Crippen LogP contribution in [0.1, 0.15) is 50.0 Å². The van der Waals surface area contributed by atoms with Crippen LogP contribution < -0.4 is 15.4 Å². The molecule has 0 fully saturated rings. The van der Waals surface area contributed by atoms with Crippen LogP contribution in [0.25, 0.3) is 10.8 Å². The number of aromatic hydroxyl groups is 1. The number of anilines is 2. The van der Waals surface area contributed by atoms with Gasteiger partial charge in [-0.1, -0.05) is 57.2 Å². The minimum atomic E-state index is -0.493. The number of phenolic OH excluding ortho intramolecular Hbond substituents is 1. The lowest BCUT2D eigenvalue weighted by molar-refractivity contribution is -0.114. The summed E-state index contributed by atoms with van der Waals surface area (Å²) in [6, 6.07) is 23.6. The summed E-state index contributed by atoms with van der Waals surface area (Å²) in [6.07, 6.45) is 1.05. The molecule has 36 heavy (non-hydrogen) atoms. The third-order valence-corrected chi connectivity index (χ3v) is 6.44. The molecule has 4 aromatic carbocycles. The fourth-order valence-electron chi connectivity index (χ4n) is 3.95. The number of ether oxygens (including phenoxy) is 1. The number of fused-ring (bicyclic) bond motifs is 1.